The van der Waals surface area contributed by atoms with Crippen LogP contribution in [0.15, 0.2) is 18.2 Å². The number of rotatable bonds is 3. The van der Waals surface area contributed by atoms with E-state index in [-0.39, 0.29) is 0 Å². The van der Waals surface area contributed by atoms with Crippen molar-refractivity contribution in [2.24, 2.45) is 0 Å². The number of ether oxygens (including phenoxy) is 1. The first-order valence-electron chi connectivity index (χ1n) is 6.69. The lowest BCUT2D eigenvalue weighted by Gasteiger charge is -2.20. The summed E-state index contributed by atoms with van der Waals surface area (Å²) in [5, 5.41) is 0. The number of hydrogen-bond donors (Lipinski definition) is 1. The number of nitrogens with zero attached hydrogens (tertiary/aromatic N) is 3. The van der Waals surface area contributed by atoms with Gasteiger partial charge in [-0.3, -0.25) is 0 Å². The molecule has 5 heteroatoms. The normalized spacial score (nSPS) is 20.2. The van der Waals surface area contributed by atoms with Gasteiger partial charge in [-0.15, -0.1) is 0 Å². The summed E-state index contributed by atoms with van der Waals surface area (Å²) in [6.07, 6.45) is 2.48. The van der Waals surface area contributed by atoms with Crippen molar-refractivity contribution in [3.05, 3.63) is 18.2 Å². The van der Waals surface area contributed by atoms with Gasteiger partial charge in [-0.25, -0.2) is 4.98 Å². The van der Waals surface area contributed by atoms with E-state index in [1.807, 2.05) is 18.2 Å². The molecule has 2 heterocycles. The molecule has 5 nitrogen and oxygen atoms in total. The van der Waals surface area contributed by atoms with Gasteiger partial charge in [0.2, 0.25) is 5.95 Å². The van der Waals surface area contributed by atoms with Crippen LogP contribution in [0.25, 0.3) is 11.0 Å². The quantitative estimate of drug-likeness (QED) is 0.913. The molecule has 1 aromatic carbocycles. The first kappa shape index (κ1) is 12.3. The van der Waals surface area contributed by atoms with E-state index in [1.54, 1.807) is 7.11 Å². The number of fused-ring (bicyclic) bond motifs is 1. The molecule has 0 saturated carbocycles. The molecule has 1 aliphatic rings. The van der Waals surface area contributed by atoms with Crippen molar-refractivity contribution in [2.45, 2.75) is 25.4 Å². The highest BCUT2D eigenvalue weighted by atomic mass is 16.5. The Morgan fingerprint density at radius 1 is 1.47 bits per heavy atom. The topological polar surface area (TPSA) is 56.3 Å². The number of nitrogens with two attached hydrogens (primary N) is 1. The maximum Gasteiger partial charge on any atom is 0.201 e. The summed E-state index contributed by atoms with van der Waals surface area (Å²) >= 11 is 0. The summed E-state index contributed by atoms with van der Waals surface area (Å²) in [5.41, 5.74) is 8.04. The lowest BCUT2D eigenvalue weighted by Crippen LogP contribution is -2.29. The fourth-order valence-corrected chi connectivity index (χ4v) is 2.86. The molecule has 1 aliphatic heterocycles. The zero-order valence-corrected chi connectivity index (χ0v) is 11.5. The molecule has 0 spiro atoms. The summed E-state index contributed by atoms with van der Waals surface area (Å²) in [6.45, 7) is 2.06. The Hall–Kier alpha value is -1.75. The Morgan fingerprint density at radius 3 is 3.00 bits per heavy atom. The third kappa shape index (κ3) is 2.14. The number of benzene rings is 1. The Kier molecular flexibility index (Phi) is 3.06. The number of likely N-dealkylation sites (N-methyl/N-ethyl adjacent to an activating group) is 1. The van der Waals surface area contributed by atoms with Gasteiger partial charge in [-0.1, -0.05) is 0 Å². The second-order valence-electron chi connectivity index (χ2n) is 5.21. The second-order valence-corrected chi connectivity index (χ2v) is 5.21. The molecule has 0 amide bonds. The van der Waals surface area contributed by atoms with Crippen molar-refractivity contribution in [3.63, 3.8) is 0 Å². The monoisotopic (exact) mass is 260 g/mol. The van der Waals surface area contributed by atoms with Crippen molar-refractivity contribution in [1.82, 2.24) is 14.5 Å². The Labute approximate surface area is 113 Å². The van der Waals surface area contributed by atoms with Gasteiger partial charge in [0.05, 0.1) is 18.1 Å². The largest absolute Gasteiger partial charge is 0.497 e. The molecule has 1 aromatic heterocycles. The number of hydrogen-bond acceptors (Lipinski definition) is 4. The molecule has 1 unspecified atom stereocenters. The van der Waals surface area contributed by atoms with Gasteiger partial charge in [-0.05, 0) is 38.6 Å². The van der Waals surface area contributed by atoms with Gasteiger partial charge in [-0.2, -0.15) is 0 Å². The number of anilines is 1. The van der Waals surface area contributed by atoms with Gasteiger partial charge in [0.1, 0.15) is 5.75 Å². The molecule has 102 valence electrons. The molecule has 0 aliphatic carbocycles. The molecule has 3 rings (SSSR count). The predicted molar refractivity (Wildman–Crippen MR) is 76.3 cm³/mol. The number of methoxy groups -OCH3 is 1. The molecule has 1 atom stereocenters. The highest BCUT2D eigenvalue weighted by molar-refractivity contribution is 5.79. The second kappa shape index (κ2) is 4.74. The van der Waals surface area contributed by atoms with Crippen molar-refractivity contribution >= 4 is 17.0 Å². The van der Waals surface area contributed by atoms with Crippen molar-refractivity contribution in [2.75, 3.05) is 26.4 Å². The minimum absolute atomic E-state index is 0.547. The van der Waals surface area contributed by atoms with Crippen LogP contribution in [-0.4, -0.2) is 41.2 Å². The van der Waals surface area contributed by atoms with Crippen LogP contribution in [0.1, 0.15) is 12.8 Å². The molecule has 0 radical (unpaired) electrons. The molecule has 1 saturated heterocycles. The number of likely N-dealkylation sites (tertiary alicyclic amines) is 1. The van der Waals surface area contributed by atoms with Crippen LogP contribution in [0.5, 0.6) is 5.75 Å². The van der Waals surface area contributed by atoms with E-state index in [9.17, 15) is 0 Å². The SMILES string of the molecule is COc1ccc2nc(N)n(CC3CCCN3C)c2c1. The Morgan fingerprint density at radius 2 is 2.32 bits per heavy atom. The Balaban J connectivity index is 1.99. The Bertz CT molecular complexity index is 592. The first-order chi connectivity index (χ1) is 9.19. The fourth-order valence-electron chi connectivity index (χ4n) is 2.86. The lowest BCUT2D eigenvalue weighted by molar-refractivity contribution is 0.285. The minimum atomic E-state index is 0.547. The maximum atomic E-state index is 6.06. The van der Waals surface area contributed by atoms with Crippen LogP contribution in [0.3, 0.4) is 0 Å². The molecular formula is C14H20N4O. The number of aromatic nitrogens is 2. The summed E-state index contributed by atoms with van der Waals surface area (Å²) in [7, 11) is 3.85. The van der Waals surface area contributed by atoms with E-state index in [0.29, 0.717) is 12.0 Å². The van der Waals surface area contributed by atoms with Gasteiger partial charge in [0.15, 0.2) is 0 Å². The van der Waals surface area contributed by atoms with Gasteiger partial charge >= 0.3 is 0 Å². The number of nitrogen functional groups attached to an aromatic ring is 1. The third-order valence-corrected chi connectivity index (χ3v) is 4.05. The standard InChI is InChI=1S/C14H20N4O/c1-17-7-3-4-10(17)9-18-13-8-11(19-2)5-6-12(13)16-14(18)15/h5-6,8,10H,3-4,7,9H2,1-2H3,(H2,15,16). The minimum Gasteiger partial charge on any atom is -0.497 e. The summed E-state index contributed by atoms with van der Waals surface area (Å²) in [6, 6.07) is 6.43. The van der Waals surface area contributed by atoms with E-state index < -0.39 is 0 Å². The van der Waals surface area contributed by atoms with Crippen molar-refractivity contribution in [1.29, 1.82) is 0 Å². The van der Waals surface area contributed by atoms with Crippen LogP contribution in [0, 0.1) is 0 Å². The predicted octanol–water partition coefficient (Wildman–Crippen LogP) is 1.72. The van der Waals surface area contributed by atoms with Crippen LogP contribution in [0.2, 0.25) is 0 Å². The van der Waals surface area contributed by atoms with E-state index >= 15 is 0 Å². The van der Waals surface area contributed by atoms with Crippen LogP contribution < -0.4 is 10.5 Å². The maximum absolute atomic E-state index is 6.06. The fraction of sp³-hybridized carbons (Fsp3) is 0.500. The molecule has 0 bridgehead atoms. The first-order valence-corrected chi connectivity index (χ1v) is 6.69. The number of imidazole rings is 1. The summed E-state index contributed by atoms with van der Waals surface area (Å²) in [5.74, 6) is 1.43. The van der Waals surface area contributed by atoms with Crippen molar-refractivity contribution < 1.29 is 4.74 Å². The highest BCUT2D eigenvalue weighted by Crippen LogP contribution is 2.25. The average molecular weight is 260 g/mol. The van der Waals surface area contributed by atoms with Crippen LogP contribution in [-0.2, 0) is 6.54 Å². The van der Waals surface area contributed by atoms with Crippen LogP contribution in [0.4, 0.5) is 5.95 Å². The zero-order chi connectivity index (χ0) is 13.4. The van der Waals surface area contributed by atoms with E-state index in [1.165, 1.54) is 19.4 Å². The molecule has 19 heavy (non-hydrogen) atoms. The van der Waals surface area contributed by atoms with E-state index in [2.05, 4.69) is 21.5 Å². The third-order valence-electron chi connectivity index (χ3n) is 4.05. The van der Waals surface area contributed by atoms with Gasteiger partial charge < -0.3 is 19.9 Å². The average Bonchev–Trinajstić information content (AvgIpc) is 2.94. The van der Waals surface area contributed by atoms with Crippen LogP contribution >= 0.6 is 0 Å². The smallest absolute Gasteiger partial charge is 0.201 e. The lowest BCUT2D eigenvalue weighted by atomic mass is 10.2. The summed E-state index contributed by atoms with van der Waals surface area (Å²) in [4.78, 5) is 6.82. The molecule has 2 aromatic rings. The van der Waals surface area contributed by atoms with Gasteiger partial charge in [0, 0.05) is 18.7 Å². The van der Waals surface area contributed by atoms with E-state index in [0.717, 1.165) is 23.3 Å². The molecule has 2 N–H and O–H groups in total. The highest BCUT2D eigenvalue weighted by Gasteiger charge is 2.23. The van der Waals surface area contributed by atoms with Gasteiger partial charge in [0.25, 0.3) is 0 Å². The summed E-state index contributed by atoms with van der Waals surface area (Å²) < 4.78 is 7.39. The molecular weight excluding hydrogens is 240 g/mol. The zero-order valence-electron chi connectivity index (χ0n) is 11.5. The molecule has 1 fully saturated rings. The van der Waals surface area contributed by atoms with E-state index in [4.69, 9.17) is 10.5 Å². The van der Waals surface area contributed by atoms with Crippen molar-refractivity contribution in [3.8, 4) is 5.75 Å².